The highest BCUT2D eigenvalue weighted by atomic mass is 35.5. The van der Waals surface area contributed by atoms with Crippen molar-refractivity contribution in [3.05, 3.63) is 184 Å². The Labute approximate surface area is 330 Å². The van der Waals surface area contributed by atoms with Crippen LogP contribution in [0.5, 0.6) is 0 Å². The molecule has 0 aromatic heterocycles. The minimum Gasteiger partial charge on any atom is -0.367 e. The molecule has 10 rings (SSSR count). The Balaban J connectivity index is 1.10. The molecule has 2 aliphatic carbocycles. The number of hydrogen-bond acceptors (Lipinski definition) is 2. The first-order chi connectivity index (χ1) is 25.2. The number of halogens is 6. The molecule has 0 saturated carbocycles. The summed E-state index contributed by atoms with van der Waals surface area (Å²) in [5, 5.41) is 3.91. The van der Waals surface area contributed by atoms with Gasteiger partial charge in [-0.15, -0.1) is 0 Å². The predicted octanol–water partition coefficient (Wildman–Crippen LogP) is 14.1. The largest absolute Gasteiger partial charge is 0.367 e. The van der Waals surface area contributed by atoms with Crippen molar-refractivity contribution in [1.29, 1.82) is 0 Å². The second kappa shape index (κ2) is 12.2. The zero-order valence-electron chi connectivity index (χ0n) is 27.0. The summed E-state index contributed by atoms with van der Waals surface area (Å²) in [4.78, 5) is 0. The summed E-state index contributed by atoms with van der Waals surface area (Å²) in [5.41, 5.74) is 13.8. The molecule has 4 aliphatic rings. The van der Waals surface area contributed by atoms with Crippen LogP contribution in [-0.2, 0) is 15.1 Å². The standard InChI is InChI=1S/C44H24Cl6O2/c45-24-5-1-22(2-6-24)13-32-34-15-26(47)9-11-30(34)40-36(32)17-28(49)19-38(40)42-43-44(52-43,21-51-42)39-20-29(50)18-37-33(14-23-3-7-25(46)8-4-23)35-16-27(48)10-12-31(35)41(37)39/h1-20,42-43H,21H2. The van der Waals surface area contributed by atoms with Gasteiger partial charge >= 0.3 is 0 Å². The van der Waals surface area contributed by atoms with Gasteiger partial charge in [-0.05, 0) is 163 Å². The number of ether oxygens (including phenoxy) is 2. The molecule has 254 valence electrons. The predicted molar refractivity (Wildman–Crippen MR) is 216 cm³/mol. The van der Waals surface area contributed by atoms with E-state index >= 15 is 0 Å². The molecule has 0 N–H and O–H groups in total. The highest BCUT2D eigenvalue weighted by Gasteiger charge is 2.68. The topological polar surface area (TPSA) is 21.8 Å². The lowest BCUT2D eigenvalue weighted by Crippen LogP contribution is -2.14. The van der Waals surface area contributed by atoms with Crippen LogP contribution in [0.1, 0.15) is 50.6 Å². The second-order valence-electron chi connectivity index (χ2n) is 13.6. The summed E-state index contributed by atoms with van der Waals surface area (Å²) in [6.45, 7) is 0.358. The van der Waals surface area contributed by atoms with Crippen LogP contribution in [0.2, 0.25) is 30.1 Å². The zero-order valence-corrected chi connectivity index (χ0v) is 31.5. The maximum Gasteiger partial charge on any atom is 0.147 e. The van der Waals surface area contributed by atoms with Crippen LogP contribution < -0.4 is 0 Å². The number of benzene rings is 6. The summed E-state index contributed by atoms with van der Waals surface area (Å²) >= 11 is 39.5. The smallest absolute Gasteiger partial charge is 0.147 e. The lowest BCUT2D eigenvalue weighted by atomic mass is 9.86. The Bertz CT molecular complexity index is 2570. The first kappa shape index (κ1) is 33.1. The van der Waals surface area contributed by atoms with Gasteiger partial charge in [-0.2, -0.15) is 0 Å². The summed E-state index contributed by atoms with van der Waals surface area (Å²) < 4.78 is 13.5. The first-order valence-corrected chi connectivity index (χ1v) is 19.0. The van der Waals surface area contributed by atoms with E-state index in [4.69, 9.17) is 79.1 Å². The Morgan fingerprint density at radius 1 is 0.481 bits per heavy atom. The van der Waals surface area contributed by atoms with Crippen LogP contribution in [0.4, 0.5) is 0 Å². The second-order valence-corrected chi connectivity index (χ2v) is 16.2. The Kier molecular flexibility index (Phi) is 7.79. The molecule has 0 amide bonds. The van der Waals surface area contributed by atoms with Gasteiger partial charge in [-0.1, -0.05) is 106 Å². The highest BCUT2D eigenvalue weighted by Crippen LogP contribution is 2.64. The van der Waals surface area contributed by atoms with Crippen molar-refractivity contribution < 1.29 is 9.47 Å². The molecular weight excluding hydrogens is 773 g/mol. The van der Waals surface area contributed by atoms with Crippen LogP contribution >= 0.6 is 69.6 Å². The molecule has 2 heterocycles. The third-order valence-corrected chi connectivity index (χ3v) is 11.9. The normalized spacial score (nSPS) is 22.0. The summed E-state index contributed by atoms with van der Waals surface area (Å²) in [6.07, 6.45) is 3.66. The van der Waals surface area contributed by atoms with Gasteiger partial charge in [0, 0.05) is 30.1 Å². The summed E-state index contributed by atoms with van der Waals surface area (Å²) in [5.74, 6) is 0. The molecule has 6 aromatic rings. The van der Waals surface area contributed by atoms with E-state index in [0.29, 0.717) is 36.7 Å². The first-order valence-electron chi connectivity index (χ1n) is 16.7. The third kappa shape index (κ3) is 5.23. The van der Waals surface area contributed by atoms with E-state index in [2.05, 4.69) is 24.3 Å². The average Bonchev–Trinajstić information content (AvgIpc) is 3.47. The highest BCUT2D eigenvalue weighted by molar-refractivity contribution is 6.33. The maximum atomic E-state index is 6.95. The van der Waals surface area contributed by atoms with Gasteiger partial charge in [0.25, 0.3) is 0 Å². The van der Waals surface area contributed by atoms with Gasteiger partial charge in [0.15, 0.2) is 0 Å². The molecule has 2 nitrogen and oxygen atoms in total. The average molecular weight is 797 g/mol. The van der Waals surface area contributed by atoms with Gasteiger partial charge in [0.1, 0.15) is 17.8 Å². The van der Waals surface area contributed by atoms with Crippen LogP contribution in [-0.4, -0.2) is 12.7 Å². The third-order valence-electron chi connectivity index (χ3n) is 10.5. The molecule has 0 bridgehead atoms. The monoisotopic (exact) mass is 794 g/mol. The van der Waals surface area contributed by atoms with Gasteiger partial charge < -0.3 is 9.47 Å². The van der Waals surface area contributed by atoms with E-state index < -0.39 is 5.60 Å². The van der Waals surface area contributed by atoms with Crippen molar-refractivity contribution in [1.82, 2.24) is 0 Å². The Hall–Kier alpha value is -3.54. The van der Waals surface area contributed by atoms with Crippen molar-refractivity contribution >= 4 is 92.9 Å². The molecule has 2 fully saturated rings. The van der Waals surface area contributed by atoms with Crippen molar-refractivity contribution in [2.45, 2.75) is 17.8 Å². The quantitative estimate of drug-likeness (QED) is 0.166. The van der Waals surface area contributed by atoms with Crippen LogP contribution in [0.3, 0.4) is 0 Å². The molecule has 3 unspecified atom stereocenters. The minimum atomic E-state index is -0.703. The van der Waals surface area contributed by atoms with Gasteiger partial charge in [-0.3, -0.25) is 0 Å². The van der Waals surface area contributed by atoms with E-state index in [1.54, 1.807) is 0 Å². The lowest BCUT2D eigenvalue weighted by Gasteiger charge is -2.18. The molecule has 6 aromatic carbocycles. The van der Waals surface area contributed by atoms with E-state index in [0.717, 1.165) is 77.9 Å². The number of hydrogen-bond donors (Lipinski definition) is 0. The Morgan fingerprint density at radius 2 is 0.962 bits per heavy atom. The molecule has 8 heteroatoms. The lowest BCUT2D eigenvalue weighted by molar-refractivity contribution is 0.00851. The Morgan fingerprint density at radius 3 is 1.52 bits per heavy atom. The van der Waals surface area contributed by atoms with Crippen molar-refractivity contribution in [2.24, 2.45) is 0 Å². The maximum absolute atomic E-state index is 6.95. The molecule has 2 aliphatic heterocycles. The molecule has 3 atom stereocenters. The van der Waals surface area contributed by atoms with Gasteiger partial charge in [-0.25, -0.2) is 0 Å². The van der Waals surface area contributed by atoms with Crippen LogP contribution in [0.25, 0.3) is 45.6 Å². The fourth-order valence-corrected chi connectivity index (χ4v) is 9.28. The van der Waals surface area contributed by atoms with Crippen LogP contribution in [0, 0.1) is 0 Å². The molecule has 0 spiro atoms. The van der Waals surface area contributed by atoms with E-state index in [-0.39, 0.29) is 12.2 Å². The van der Waals surface area contributed by atoms with Crippen LogP contribution in [0.15, 0.2) is 109 Å². The summed E-state index contributed by atoms with van der Waals surface area (Å²) in [7, 11) is 0. The molecule has 0 radical (unpaired) electrons. The molecular formula is C44H24Cl6O2. The van der Waals surface area contributed by atoms with Crippen molar-refractivity contribution in [2.75, 3.05) is 6.61 Å². The van der Waals surface area contributed by atoms with E-state index in [1.807, 2.05) is 97.1 Å². The van der Waals surface area contributed by atoms with Gasteiger partial charge in [0.2, 0.25) is 0 Å². The SMILES string of the molecule is Clc1ccc(C=C2c3cc(Cl)ccc3-c3c2cc(Cl)cc3C2OCC3(c4cc(Cl)cc5c4-c4ccc(Cl)cc4C5=Cc4ccc(Cl)cc4)OC23)cc1. The fraction of sp³-hybridized carbons (Fsp3) is 0.0909. The van der Waals surface area contributed by atoms with Gasteiger partial charge in [0.05, 0.1) is 6.61 Å². The van der Waals surface area contributed by atoms with Crippen molar-refractivity contribution in [3.63, 3.8) is 0 Å². The number of fused-ring (bicyclic) bond motifs is 7. The zero-order chi connectivity index (χ0) is 35.5. The van der Waals surface area contributed by atoms with E-state index in [9.17, 15) is 0 Å². The summed E-state index contributed by atoms with van der Waals surface area (Å²) in [6, 6.07) is 35.7. The number of rotatable bonds is 4. The molecule has 2 saturated heterocycles. The molecule has 52 heavy (non-hydrogen) atoms. The fourth-order valence-electron chi connectivity index (χ4n) is 8.24. The van der Waals surface area contributed by atoms with Crippen molar-refractivity contribution in [3.8, 4) is 22.3 Å². The number of epoxide rings is 1. The van der Waals surface area contributed by atoms with E-state index in [1.165, 1.54) is 0 Å². The minimum absolute atomic E-state index is 0.266.